The van der Waals surface area contributed by atoms with Gasteiger partial charge in [-0.3, -0.25) is 4.79 Å². The van der Waals surface area contributed by atoms with Crippen molar-refractivity contribution < 1.29 is 13.2 Å². The molecule has 1 fully saturated rings. The first-order valence-electron chi connectivity index (χ1n) is 7.53. The first-order chi connectivity index (χ1) is 10.5. The van der Waals surface area contributed by atoms with Crippen molar-refractivity contribution in [1.29, 1.82) is 0 Å². The van der Waals surface area contributed by atoms with E-state index in [1.165, 1.54) is 12.1 Å². The summed E-state index contributed by atoms with van der Waals surface area (Å²) in [7, 11) is -1.67. The number of hydrogen-bond donors (Lipinski definition) is 2. The molecule has 0 spiro atoms. The van der Waals surface area contributed by atoms with E-state index in [1.807, 2.05) is 11.9 Å². The van der Waals surface area contributed by atoms with Gasteiger partial charge in [0.05, 0.1) is 4.90 Å². The van der Waals surface area contributed by atoms with Crippen molar-refractivity contribution >= 4 is 15.9 Å². The lowest BCUT2D eigenvalue weighted by Crippen LogP contribution is -2.42. The zero-order valence-electron chi connectivity index (χ0n) is 12.8. The molecule has 1 heterocycles. The lowest BCUT2D eigenvalue weighted by Gasteiger charge is -2.24. The number of rotatable bonds is 7. The molecule has 1 aliphatic rings. The van der Waals surface area contributed by atoms with E-state index >= 15 is 0 Å². The van der Waals surface area contributed by atoms with Crippen molar-refractivity contribution in [3.63, 3.8) is 0 Å². The minimum absolute atomic E-state index is 0.00788. The maximum absolute atomic E-state index is 12.2. The maximum Gasteiger partial charge on any atom is 0.240 e. The van der Waals surface area contributed by atoms with Gasteiger partial charge in [-0.05, 0) is 32.0 Å². The molecule has 0 aliphatic carbocycles. The van der Waals surface area contributed by atoms with E-state index in [4.69, 9.17) is 0 Å². The highest BCUT2D eigenvalue weighted by molar-refractivity contribution is 7.89. The highest BCUT2D eigenvalue weighted by Gasteiger charge is 2.27. The Morgan fingerprint density at radius 2 is 2.05 bits per heavy atom. The molecule has 0 bridgehead atoms. The molecule has 1 aliphatic heterocycles. The van der Waals surface area contributed by atoms with Gasteiger partial charge in [0.1, 0.15) is 0 Å². The van der Waals surface area contributed by atoms with Crippen LogP contribution < -0.4 is 10.0 Å². The molecule has 2 N–H and O–H groups in total. The Kier molecular flexibility index (Phi) is 5.93. The molecule has 22 heavy (non-hydrogen) atoms. The monoisotopic (exact) mass is 325 g/mol. The predicted octanol–water partition coefficient (Wildman–Crippen LogP) is 0.565. The summed E-state index contributed by atoms with van der Waals surface area (Å²) in [5.41, 5.74) is 0. The fraction of sp³-hybridized carbons (Fsp3) is 0.533. The van der Waals surface area contributed by atoms with Gasteiger partial charge in [0.25, 0.3) is 0 Å². The maximum atomic E-state index is 12.2. The number of benzene rings is 1. The highest BCUT2D eigenvalue weighted by atomic mass is 32.2. The van der Waals surface area contributed by atoms with Crippen LogP contribution in [0.15, 0.2) is 35.2 Å². The Labute approximate surface area is 131 Å². The predicted molar refractivity (Wildman–Crippen MR) is 84.9 cm³/mol. The van der Waals surface area contributed by atoms with E-state index in [0.717, 1.165) is 25.9 Å². The second-order valence-electron chi connectivity index (χ2n) is 5.40. The standard InChI is InChI=1S/C15H23N3O3S/c1-16-12-13-6-5-11-18(13)15(19)9-10-17-22(20,21)14-7-3-2-4-8-14/h2-4,7-8,13,16-17H,5-6,9-12H2,1H3. The smallest absolute Gasteiger partial charge is 0.240 e. The Bertz CT molecular complexity index is 589. The van der Waals surface area contributed by atoms with Crippen LogP contribution in [0.5, 0.6) is 0 Å². The molecule has 1 unspecified atom stereocenters. The van der Waals surface area contributed by atoms with Gasteiger partial charge in [0, 0.05) is 32.1 Å². The summed E-state index contributed by atoms with van der Waals surface area (Å²) in [5.74, 6) is 0.00788. The van der Waals surface area contributed by atoms with Crippen molar-refractivity contribution in [3.8, 4) is 0 Å². The molecule has 0 aromatic heterocycles. The SMILES string of the molecule is CNCC1CCCN1C(=O)CCNS(=O)(=O)c1ccccc1. The van der Waals surface area contributed by atoms with Crippen LogP contribution >= 0.6 is 0 Å². The third-order valence-corrected chi connectivity index (χ3v) is 5.30. The van der Waals surface area contributed by atoms with E-state index in [-0.39, 0.29) is 29.8 Å². The number of amides is 1. The van der Waals surface area contributed by atoms with Crippen molar-refractivity contribution in [2.45, 2.75) is 30.2 Å². The lowest BCUT2D eigenvalue weighted by atomic mass is 10.2. The van der Waals surface area contributed by atoms with Crippen LogP contribution in [0.1, 0.15) is 19.3 Å². The number of nitrogens with one attached hydrogen (secondary N) is 2. The third kappa shape index (κ3) is 4.28. The normalized spacial score (nSPS) is 18.6. The van der Waals surface area contributed by atoms with Crippen molar-refractivity contribution in [2.75, 3.05) is 26.7 Å². The average molecular weight is 325 g/mol. The van der Waals surface area contributed by atoms with Crippen molar-refractivity contribution in [2.24, 2.45) is 0 Å². The van der Waals surface area contributed by atoms with Crippen LogP contribution in [0.2, 0.25) is 0 Å². The Morgan fingerprint density at radius 1 is 1.32 bits per heavy atom. The summed E-state index contributed by atoms with van der Waals surface area (Å²) in [5, 5.41) is 3.09. The van der Waals surface area contributed by atoms with Gasteiger partial charge in [-0.15, -0.1) is 0 Å². The molecule has 6 nitrogen and oxygen atoms in total. The Morgan fingerprint density at radius 3 is 2.73 bits per heavy atom. The number of likely N-dealkylation sites (N-methyl/N-ethyl adjacent to an activating group) is 1. The van der Waals surface area contributed by atoms with Crippen LogP contribution in [-0.4, -0.2) is 51.9 Å². The summed E-state index contributed by atoms with van der Waals surface area (Å²) >= 11 is 0. The molecule has 1 atom stereocenters. The van der Waals surface area contributed by atoms with Gasteiger partial charge in [-0.1, -0.05) is 18.2 Å². The van der Waals surface area contributed by atoms with Crippen LogP contribution in [-0.2, 0) is 14.8 Å². The fourth-order valence-corrected chi connectivity index (χ4v) is 3.78. The number of sulfonamides is 1. The second kappa shape index (κ2) is 7.71. The molecule has 1 saturated heterocycles. The number of hydrogen-bond acceptors (Lipinski definition) is 4. The summed E-state index contributed by atoms with van der Waals surface area (Å²) in [6.07, 6.45) is 2.20. The van der Waals surface area contributed by atoms with Crippen molar-refractivity contribution in [3.05, 3.63) is 30.3 Å². The fourth-order valence-electron chi connectivity index (χ4n) is 2.73. The minimum atomic E-state index is -3.54. The summed E-state index contributed by atoms with van der Waals surface area (Å²) in [6.45, 7) is 1.66. The quantitative estimate of drug-likeness (QED) is 0.768. The van der Waals surface area contributed by atoms with Gasteiger partial charge in [0.2, 0.25) is 15.9 Å². The van der Waals surface area contributed by atoms with Gasteiger partial charge in [-0.25, -0.2) is 13.1 Å². The van der Waals surface area contributed by atoms with Crippen molar-refractivity contribution in [1.82, 2.24) is 14.9 Å². The van der Waals surface area contributed by atoms with Gasteiger partial charge in [-0.2, -0.15) is 0 Å². The zero-order valence-corrected chi connectivity index (χ0v) is 13.6. The average Bonchev–Trinajstić information content (AvgIpc) is 2.97. The van der Waals surface area contributed by atoms with E-state index in [0.29, 0.717) is 0 Å². The second-order valence-corrected chi connectivity index (χ2v) is 7.17. The van der Waals surface area contributed by atoms with Crippen LogP contribution in [0, 0.1) is 0 Å². The summed E-state index contributed by atoms with van der Waals surface area (Å²) < 4.78 is 26.6. The van der Waals surface area contributed by atoms with E-state index in [1.54, 1.807) is 18.2 Å². The number of nitrogens with zero attached hydrogens (tertiary/aromatic N) is 1. The van der Waals surface area contributed by atoms with Gasteiger partial charge >= 0.3 is 0 Å². The molecule has 2 rings (SSSR count). The van der Waals surface area contributed by atoms with E-state index in [9.17, 15) is 13.2 Å². The van der Waals surface area contributed by atoms with Gasteiger partial charge < -0.3 is 10.2 Å². The number of carbonyl (C=O) groups excluding carboxylic acids is 1. The minimum Gasteiger partial charge on any atom is -0.338 e. The first-order valence-corrected chi connectivity index (χ1v) is 9.01. The zero-order chi connectivity index (χ0) is 16.0. The third-order valence-electron chi connectivity index (χ3n) is 3.82. The number of carbonyl (C=O) groups is 1. The lowest BCUT2D eigenvalue weighted by molar-refractivity contribution is -0.131. The Hall–Kier alpha value is -1.44. The molecule has 0 saturated carbocycles. The van der Waals surface area contributed by atoms with E-state index < -0.39 is 10.0 Å². The number of likely N-dealkylation sites (tertiary alicyclic amines) is 1. The largest absolute Gasteiger partial charge is 0.338 e. The molecular formula is C15H23N3O3S. The molecule has 1 aromatic rings. The highest BCUT2D eigenvalue weighted by Crippen LogP contribution is 2.17. The molecular weight excluding hydrogens is 302 g/mol. The molecule has 7 heteroatoms. The topological polar surface area (TPSA) is 78.5 Å². The molecule has 1 aromatic carbocycles. The molecule has 0 radical (unpaired) electrons. The molecule has 122 valence electrons. The first kappa shape index (κ1) is 16.9. The molecule has 1 amide bonds. The van der Waals surface area contributed by atoms with Crippen LogP contribution in [0.25, 0.3) is 0 Å². The van der Waals surface area contributed by atoms with Crippen LogP contribution in [0.4, 0.5) is 0 Å². The summed E-state index contributed by atoms with van der Waals surface area (Å²) in [6, 6.07) is 8.40. The van der Waals surface area contributed by atoms with Crippen LogP contribution in [0.3, 0.4) is 0 Å². The van der Waals surface area contributed by atoms with E-state index in [2.05, 4.69) is 10.0 Å². The summed E-state index contributed by atoms with van der Waals surface area (Å²) in [4.78, 5) is 14.3. The Balaban J connectivity index is 1.84. The van der Waals surface area contributed by atoms with Gasteiger partial charge in [0.15, 0.2) is 0 Å².